The third-order valence-corrected chi connectivity index (χ3v) is 1.99. The van der Waals surface area contributed by atoms with Gasteiger partial charge in [0, 0.05) is 6.54 Å². The fraction of sp³-hybridized carbons (Fsp3) is 0.750. The molecule has 0 aliphatic carbocycles. The van der Waals surface area contributed by atoms with Gasteiger partial charge in [-0.15, -0.1) is 0 Å². The first kappa shape index (κ1) is 9.98. The maximum absolute atomic E-state index is 11.3. The van der Waals surface area contributed by atoms with Crippen LogP contribution in [0.3, 0.4) is 0 Å². The Balaban J connectivity index is 2.49. The van der Waals surface area contributed by atoms with Crippen molar-refractivity contribution >= 4 is 11.9 Å². The number of rotatable bonds is 3. The third-order valence-electron chi connectivity index (χ3n) is 1.99. The number of carbonyl (C=O) groups excluding carboxylic acids is 2. The molecule has 1 saturated heterocycles. The van der Waals surface area contributed by atoms with Crippen molar-refractivity contribution in [2.75, 3.05) is 6.54 Å². The van der Waals surface area contributed by atoms with Crippen LogP contribution in [0.1, 0.15) is 20.3 Å². The van der Waals surface area contributed by atoms with E-state index in [0.717, 1.165) is 4.90 Å². The number of imide groups is 1. The molecule has 0 aromatic rings. The van der Waals surface area contributed by atoms with E-state index in [1.807, 2.05) is 0 Å². The first-order valence-electron chi connectivity index (χ1n) is 4.32. The second-order valence-corrected chi connectivity index (χ2v) is 3.30. The first-order chi connectivity index (χ1) is 6.02. The number of nitrogens with one attached hydrogen (secondary N) is 1. The van der Waals surface area contributed by atoms with E-state index >= 15 is 0 Å². The molecular weight excluding hydrogens is 172 g/mol. The number of urea groups is 1. The smallest absolute Gasteiger partial charge is 0.324 e. The van der Waals surface area contributed by atoms with Crippen LogP contribution in [0.5, 0.6) is 0 Å². The first-order valence-corrected chi connectivity index (χ1v) is 4.32. The molecule has 1 rings (SSSR count). The van der Waals surface area contributed by atoms with Gasteiger partial charge < -0.3 is 10.4 Å². The minimum atomic E-state index is -0.489. The molecule has 5 heteroatoms. The van der Waals surface area contributed by atoms with E-state index in [0.29, 0.717) is 6.42 Å². The lowest BCUT2D eigenvalue weighted by Crippen LogP contribution is -2.33. The summed E-state index contributed by atoms with van der Waals surface area (Å²) in [7, 11) is 0. The standard InChI is InChI=1S/C8H14N2O3/c1-5(11)3-4-10-7(12)6(2)9-8(10)13/h5-6,11H,3-4H2,1-2H3,(H,9,13)/t5-,6?/m1/s1. The van der Waals surface area contributed by atoms with Gasteiger partial charge in [0.15, 0.2) is 0 Å². The lowest BCUT2D eigenvalue weighted by atomic mass is 10.2. The third kappa shape index (κ3) is 2.18. The highest BCUT2D eigenvalue weighted by atomic mass is 16.3. The minimum absolute atomic E-state index is 0.217. The molecule has 74 valence electrons. The maximum Gasteiger partial charge on any atom is 0.324 e. The van der Waals surface area contributed by atoms with Crippen molar-refractivity contribution in [3.05, 3.63) is 0 Å². The molecule has 2 atom stereocenters. The molecule has 3 amide bonds. The van der Waals surface area contributed by atoms with Crippen LogP contribution in [-0.4, -0.2) is 40.6 Å². The van der Waals surface area contributed by atoms with Gasteiger partial charge in [-0.05, 0) is 20.3 Å². The molecule has 13 heavy (non-hydrogen) atoms. The van der Waals surface area contributed by atoms with Crippen LogP contribution in [0.25, 0.3) is 0 Å². The van der Waals surface area contributed by atoms with Crippen LogP contribution in [-0.2, 0) is 4.79 Å². The minimum Gasteiger partial charge on any atom is -0.393 e. The Kier molecular flexibility index (Phi) is 2.87. The Hall–Kier alpha value is -1.10. The quantitative estimate of drug-likeness (QED) is 0.594. The molecule has 1 heterocycles. The summed E-state index contributed by atoms with van der Waals surface area (Å²) in [6.07, 6.45) is -0.0668. The van der Waals surface area contributed by atoms with Crippen molar-refractivity contribution in [3.63, 3.8) is 0 Å². The zero-order chi connectivity index (χ0) is 10.0. The molecule has 5 nitrogen and oxygen atoms in total. The second-order valence-electron chi connectivity index (χ2n) is 3.30. The summed E-state index contributed by atoms with van der Waals surface area (Å²) in [5, 5.41) is 11.5. The average molecular weight is 186 g/mol. The van der Waals surface area contributed by atoms with Crippen molar-refractivity contribution in [1.82, 2.24) is 10.2 Å². The van der Waals surface area contributed by atoms with E-state index in [2.05, 4.69) is 5.32 Å². The lowest BCUT2D eigenvalue weighted by Gasteiger charge is -2.13. The summed E-state index contributed by atoms with van der Waals surface area (Å²) >= 11 is 0. The average Bonchev–Trinajstić information content (AvgIpc) is 2.24. The molecule has 0 aromatic carbocycles. The summed E-state index contributed by atoms with van der Waals surface area (Å²) in [6, 6.07) is -0.792. The molecular formula is C8H14N2O3. The number of hydrogen-bond donors (Lipinski definition) is 2. The summed E-state index contributed by atoms with van der Waals surface area (Å²) in [6.45, 7) is 3.55. The van der Waals surface area contributed by atoms with Gasteiger partial charge in [-0.25, -0.2) is 4.79 Å². The summed E-state index contributed by atoms with van der Waals surface area (Å²) in [5.74, 6) is -0.217. The predicted molar refractivity (Wildman–Crippen MR) is 46.0 cm³/mol. The van der Waals surface area contributed by atoms with Crippen LogP contribution >= 0.6 is 0 Å². The monoisotopic (exact) mass is 186 g/mol. The Labute approximate surface area is 76.7 Å². The van der Waals surface area contributed by atoms with Gasteiger partial charge in [-0.1, -0.05) is 0 Å². The van der Waals surface area contributed by atoms with E-state index in [4.69, 9.17) is 5.11 Å². The van der Waals surface area contributed by atoms with E-state index < -0.39 is 12.1 Å². The van der Waals surface area contributed by atoms with Crippen LogP contribution in [0, 0.1) is 0 Å². The van der Waals surface area contributed by atoms with Crippen LogP contribution in [0.2, 0.25) is 0 Å². The van der Waals surface area contributed by atoms with E-state index in [1.54, 1.807) is 13.8 Å². The molecule has 0 saturated carbocycles. The fourth-order valence-electron chi connectivity index (χ4n) is 1.19. The highest BCUT2D eigenvalue weighted by Gasteiger charge is 2.34. The highest BCUT2D eigenvalue weighted by molar-refractivity contribution is 6.03. The molecule has 0 aromatic heterocycles. The number of hydrogen-bond acceptors (Lipinski definition) is 3. The molecule has 0 spiro atoms. The fourth-order valence-corrected chi connectivity index (χ4v) is 1.19. The SMILES string of the molecule is CC1NC(=O)N(CC[C@@H](C)O)C1=O. The Morgan fingerprint density at radius 1 is 1.62 bits per heavy atom. The maximum atomic E-state index is 11.3. The van der Waals surface area contributed by atoms with Gasteiger partial charge in [-0.3, -0.25) is 9.69 Å². The van der Waals surface area contributed by atoms with E-state index in [-0.39, 0.29) is 18.5 Å². The largest absolute Gasteiger partial charge is 0.393 e. The summed E-state index contributed by atoms with van der Waals surface area (Å²) in [5.41, 5.74) is 0. The normalized spacial score (nSPS) is 24.8. The van der Waals surface area contributed by atoms with Crippen molar-refractivity contribution in [3.8, 4) is 0 Å². The zero-order valence-corrected chi connectivity index (χ0v) is 7.78. The van der Waals surface area contributed by atoms with Gasteiger partial charge in [0.2, 0.25) is 0 Å². The van der Waals surface area contributed by atoms with Crippen molar-refractivity contribution in [2.45, 2.75) is 32.4 Å². The number of aliphatic hydroxyl groups is 1. The second kappa shape index (κ2) is 3.74. The number of carbonyl (C=O) groups is 2. The summed E-state index contributed by atoms with van der Waals surface area (Å²) < 4.78 is 0. The van der Waals surface area contributed by atoms with Gasteiger partial charge in [-0.2, -0.15) is 0 Å². The van der Waals surface area contributed by atoms with Gasteiger partial charge >= 0.3 is 6.03 Å². The van der Waals surface area contributed by atoms with Crippen LogP contribution < -0.4 is 5.32 Å². The number of amides is 3. The molecule has 2 N–H and O–H groups in total. The molecule has 0 bridgehead atoms. The summed E-state index contributed by atoms with van der Waals surface area (Å²) in [4.78, 5) is 23.5. The molecule has 0 radical (unpaired) electrons. The highest BCUT2D eigenvalue weighted by Crippen LogP contribution is 2.06. The van der Waals surface area contributed by atoms with Gasteiger partial charge in [0.05, 0.1) is 6.10 Å². The zero-order valence-electron chi connectivity index (χ0n) is 7.78. The molecule has 1 aliphatic heterocycles. The van der Waals surface area contributed by atoms with Gasteiger partial charge in [0.25, 0.3) is 5.91 Å². The van der Waals surface area contributed by atoms with E-state index in [1.165, 1.54) is 0 Å². The van der Waals surface area contributed by atoms with Gasteiger partial charge in [0.1, 0.15) is 6.04 Å². The van der Waals surface area contributed by atoms with Crippen molar-refractivity contribution in [1.29, 1.82) is 0 Å². The molecule has 1 aliphatic rings. The topological polar surface area (TPSA) is 69.6 Å². The lowest BCUT2D eigenvalue weighted by molar-refractivity contribution is -0.127. The van der Waals surface area contributed by atoms with Crippen molar-refractivity contribution < 1.29 is 14.7 Å². The Bertz CT molecular complexity index is 227. The predicted octanol–water partition coefficient (Wildman–Crippen LogP) is -0.302. The Morgan fingerprint density at radius 3 is 2.62 bits per heavy atom. The molecule has 1 unspecified atom stereocenters. The molecule has 1 fully saturated rings. The van der Waals surface area contributed by atoms with E-state index in [9.17, 15) is 9.59 Å². The van der Waals surface area contributed by atoms with Crippen LogP contribution in [0.15, 0.2) is 0 Å². The van der Waals surface area contributed by atoms with Crippen molar-refractivity contribution in [2.24, 2.45) is 0 Å². The number of nitrogens with zero attached hydrogens (tertiary/aromatic N) is 1. The van der Waals surface area contributed by atoms with Crippen LogP contribution in [0.4, 0.5) is 4.79 Å². The number of aliphatic hydroxyl groups excluding tert-OH is 1. The Morgan fingerprint density at radius 2 is 2.23 bits per heavy atom.